The van der Waals surface area contributed by atoms with Gasteiger partial charge in [0.1, 0.15) is 0 Å². The molecule has 1 N–H and O–H groups in total. The molecule has 3 heteroatoms. The summed E-state index contributed by atoms with van der Waals surface area (Å²) in [5.74, 6) is 1.31. The summed E-state index contributed by atoms with van der Waals surface area (Å²) in [6.45, 7) is 10.7. The molecule has 0 spiro atoms. The Bertz CT molecular complexity index is 193. The molecule has 0 unspecified atom stereocenters. The number of nitrogens with zero attached hydrogens (tertiary/aromatic N) is 1. The van der Waals surface area contributed by atoms with Crippen LogP contribution in [0.15, 0.2) is 0 Å². The van der Waals surface area contributed by atoms with Crippen molar-refractivity contribution in [3.63, 3.8) is 0 Å². The van der Waals surface area contributed by atoms with Gasteiger partial charge in [0.2, 0.25) is 0 Å². The Morgan fingerprint density at radius 2 is 1.82 bits per heavy atom. The summed E-state index contributed by atoms with van der Waals surface area (Å²) in [6.07, 6.45) is 7.52. The molecule has 1 heterocycles. The summed E-state index contributed by atoms with van der Waals surface area (Å²) in [7, 11) is 0. The molecule has 1 fully saturated rings. The molecule has 1 rings (SSSR count). The van der Waals surface area contributed by atoms with Crippen LogP contribution in [0.5, 0.6) is 0 Å². The van der Waals surface area contributed by atoms with Crippen molar-refractivity contribution in [2.24, 2.45) is 0 Å². The zero-order valence-corrected chi connectivity index (χ0v) is 12.9. The molecule has 0 aromatic heterocycles. The third-order valence-corrected chi connectivity index (χ3v) is 4.35. The van der Waals surface area contributed by atoms with Gasteiger partial charge in [0, 0.05) is 24.7 Å². The maximum atomic E-state index is 3.72. The van der Waals surface area contributed by atoms with Gasteiger partial charge in [-0.25, -0.2) is 0 Å². The van der Waals surface area contributed by atoms with E-state index < -0.39 is 0 Å². The molecule has 1 saturated heterocycles. The van der Waals surface area contributed by atoms with Crippen LogP contribution in [-0.4, -0.2) is 48.1 Å². The standard InChI is InChI=1S/C14H30N2S/c1-14(2,3)16-10-7-13(8-11-16)15-9-5-6-12-17-4/h13,15H,5-12H2,1-4H3. The number of nitrogens with one attached hydrogen (secondary N) is 1. The van der Waals surface area contributed by atoms with E-state index in [9.17, 15) is 0 Å². The van der Waals surface area contributed by atoms with Gasteiger partial charge in [0.25, 0.3) is 0 Å². The van der Waals surface area contributed by atoms with Crippen molar-refractivity contribution in [3.8, 4) is 0 Å². The van der Waals surface area contributed by atoms with Gasteiger partial charge in [-0.1, -0.05) is 0 Å². The van der Waals surface area contributed by atoms with Crippen molar-refractivity contribution in [2.75, 3.05) is 31.6 Å². The van der Waals surface area contributed by atoms with Gasteiger partial charge in [-0.15, -0.1) is 0 Å². The Morgan fingerprint density at radius 3 is 2.35 bits per heavy atom. The van der Waals surface area contributed by atoms with Gasteiger partial charge in [0.15, 0.2) is 0 Å². The van der Waals surface area contributed by atoms with Gasteiger partial charge in [-0.3, -0.25) is 4.90 Å². The zero-order valence-electron chi connectivity index (χ0n) is 12.1. The summed E-state index contributed by atoms with van der Waals surface area (Å²) in [5.41, 5.74) is 0.351. The lowest BCUT2D eigenvalue weighted by atomic mass is 9.98. The van der Waals surface area contributed by atoms with Crippen LogP contribution in [0.25, 0.3) is 0 Å². The average molecular weight is 258 g/mol. The Morgan fingerprint density at radius 1 is 1.18 bits per heavy atom. The second kappa shape index (κ2) is 7.65. The highest BCUT2D eigenvalue weighted by atomic mass is 32.2. The summed E-state index contributed by atoms with van der Waals surface area (Å²) < 4.78 is 0. The lowest BCUT2D eigenvalue weighted by Crippen LogP contribution is -2.50. The highest BCUT2D eigenvalue weighted by Crippen LogP contribution is 2.19. The molecule has 0 aliphatic carbocycles. The van der Waals surface area contributed by atoms with Crippen LogP contribution in [0.2, 0.25) is 0 Å². The van der Waals surface area contributed by atoms with E-state index in [4.69, 9.17) is 0 Å². The van der Waals surface area contributed by atoms with E-state index in [-0.39, 0.29) is 0 Å². The topological polar surface area (TPSA) is 15.3 Å². The van der Waals surface area contributed by atoms with E-state index in [2.05, 4.69) is 37.2 Å². The molecule has 2 nitrogen and oxygen atoms in total. The maximum absolute atomic E-state index is 3.72. The summed E-state index contributed by atoms with van der Waals surface area (Å²) in [6, 6.07) is 0.767. The molecule has 0 amide bonds. The second-order valence-electron chi connectivity index (χ2n) is 6.09. The molecule has 0 bridgehead atoms. The first-order valence-electron chi connectivity index (χ1n) is 7.01. The van der Waals surface area contributed by atoms with E-state index in [1.54, 1.807) is 0 Å². The summed E-state index contributed by atoms with van der Waals surface area (Å²) in [4.78, 5) is 2.61. The first-order valence-corrected chi connectivity index (χ1v) is 8.41. The van der Waals surface area contributed by atoms with Gasteiger partial charge in [-0.05, 0) is 65.0 Å². The van der Waals surface area contributed by atoms with Crippen LogP contribution >= 0.6 is 11.8 Å². The number of piperidine rings is 1. The van der Waals surface area contributed by atoms with Crippen LogP contribution in [0, 0.1) is 0 Å². The van der Waals surface area contributed by atoms with Crippen molar-refractivity contribution in [3.05, 3.63) is 0 Å². The van der Waals surface area contributed by atoms with Crippen molar-refractivity contribution >= 4 is 11.8 Å². The van der Waals surface area contributed by atoms with Gasteiger partial charge >= 0.3 is 0 Å². The van der Waals surface area contributed by atoms with Gasteiger partial charge in [0.05, 0.1) is 0 Å². The van der Waals surface area contributed by atoms with Crippen LogP contribution in [0.1, 0.15) is 46.5 Å². The minimum atomic E-state index is 0.351. The van der Waals surface area contributed by atoms with Gasteiger partial charge in [-0.2, -0.15) is 11.8 Å². The van der Waals surface area contributed by atoms with E-state index in [1.807, 2.05) is 11.8 Å². The molecule has 102 valence electrons. The van der Waals surface area contributed by atoms with Crippen molar-refractivity contribution in [2.45, 2.75) is 58.0 Å². The molecule has 0 aromatic rings. The fourth-order valence-corrected chi connectivity index (χ4v) is 2.92. The number of likely N-dealkylation sites (tertiary alicyclic amines) is 1. The smallest absolute Gasteiger partial charge is 0.0125 e. The highest BCUT2D eigenvalue weighted by molar-refractivity contribution is 7.98. The molecule has 17 heavy (non-hydrogen) atoms. The van der Waals surface area contributed by atoms with Crippen LogP contribution in [0.3, 0.4) is 0 Å². The normalized spacial score (nSPS) is 19.8. The lowest BCUT2D eigenvalue weighted by molar-refractivity contribution is 0.0963. The molecule has 1 aliphatic rings. The lowest BCUT2D eigenvalue weighted by Gasteiger charge is -2.41. The minimum absolute atomic E-state index is 0.351. The third-order valence-electron chi connectivity index (χ3n) is 3.65. The Balaban J connectivity index is 2.07. The molecule has 0 saturated carbocycles. The van der Waals surface area contributed by atoms with Crippen molar-refractivity contribution in [1.29, 1.82) is 0 Å². The van der Waals surface area contributed by atoms with E-state index in [0.717, 1.165) is 6.04 Å². The monoisotopic (exact) mass is 258 g/mol. The number of hydrogen-bond acceptors (Lipinski definition) is 3. The third kappa shape index (κ3) is 6.12. The first kappa shape index (κ1) is 15.3. The van der Waals surface area contributed by atoms with Crippen LogP contribution in [0.4, 0.5) is 0 Å². The van der Waals surface area contributed by atoms with Gasteiger partial charge < -0.3 is 5.32 Å². The number of thioether (sulfide) groups is 1. The number of rotatable bonds is 6. The zero-order chi connectivity index (χ0) is 12.7. The minimum Gasteiger partial charge on any atom is -0.314 e. The molecule has 0 radical (unpaired) electrons. The Kier molecular flexibility index (Phi) is 6.90. The van der Waals surface area contributed by atoms with Crippen molar-refractivity contribution in [1.82, 2.24) is 10.2 Å². The average Bonchev–Trinajstić information content (AvgIpc) is 2.28. The second-order valence-corrected chi connectivity index (χ2v) is 7.07. The summed E-state index contributed by atoms with van der Waals surface area (Å²) >= 11 is 1.96. The Hall–Kier alpha value is 0.270. The largest absolute Gasteiger partial charge is 0.314 e. The maximum Gasteiger partial charge on any atom is 0.0125 e. The van der Waals surface area contributed by atoms with E-state index in [1.165, 1.54) is 51.1 Å². The highest BCUT2D eigenvalue weighted by Gasteiger charge is 2.26. The molecule has 1 aliphatic heterocycles. The number of unbranched alkanes of at least 4 members (excludes halogenated alkanes) is 1. The van der Waals surface area contributed by atoms with Crippen LogP contribution in [-0.2, 0) is 0 Å². The van der Waals surface area contributed by atoms with E-state index >= 15 is 0 Å². The Labute approximate surface area is 112 Å². The number of hydrogen-bond donors (Lipinski definition) is 1. The molecule has 0 aromatic carbocycles. The van der Waals surface area contributed by atoms with E-state index in [0.29, 0.717) is 5.54 Å². The summed E-state index contributed by atoms with van der Waals surface area (Å²) in [5, 5.41) is 3.72. The van der Waals surface area contributed by atoms with Crippen LogP contribution < -0.4 is 5.32 Å². The quantitative estimate of drug-likeness (QED) is 0.737. The fourth-order valence-electron chi connectivity index (χ4n) is 2.43. The fraction of sp³-hybridized carbons (Fsp3) is 1.00. The predicted octanol–water partition coefficient (Wildman–Crippen LogP) is 2.98. The molecular weight excluding hydrogens is 228 g/mol. The molecular formula is C14H30N2S. The predicted molar refractivity (Wildman–Crippen MR) is 80.0 cm³/mol. The SMILES string of the molecule is CSCCCCNC1CCN(C(C)(C)C)CC1. The molecule has 0 atom stereocenters. The van der Waals surface area contributed by atoms with Crippen molar-refractivity contribution < 1.29 is 0 Å². The first-order chi connectivity index (χ1) is 8.04.